The summed E-state index contributed by atoms with van der Waals surface area (Å²) in [6.45, 7) is 7.20. The molecule has 18 heavy (non-hydrogen) atoms. The zero-order valence-electron chi connectivity index (χ0n) is 11.3. The van der Waals surface area contributed by atoms with Gasteiger partial charge >= 0.3 is 7.60 Å². The van der Waals surface area contributed by atoms with Gasteiger partial charge in [-0.15, -0.1) is 11.8 Å². The van der Waals surface area contributed by atoms with Crippen LogP contribution in [0.5, 0.6) is 0 Å². The van der Waals surface area contributed by atoms with Gasteiger partial charge in [0.25, 0.3) is 0 Å². The van der Waals surface area contributed by atoms with E-state index in [9.17, 15) is 14.8 Å². The third kappa shape index (κ3) is 4.51. The lowest BCUT2D eigenvalue weighted by Gasteiger charge is -2.35. The van der Waals surface area contributed by atoms with Crippen LogP contribution < -0.4 is 0 Å². The van der Waals surface area contributed by atoms with Crippen LogP contribution in [-0.4, -0.2) is 45.4 Å². The Hall–Kier alpha value is 0.420. The van der Waals surface area contributed by atoms with Crippen molar-refractivity contribution < 1.29 is 23.8 Å². The van der Waals surface area contributed by atoms with Gasteiger partial charge in [-0.05, 0) is 34.1 Å². The van der Waals surface area contributed by atoms with E-state index in [0.717, 1.165) is 0 Å². The minimum Gasteiger partial charge on any atom is -0.390 e. The molecular formula is C11H23O5PS. The van der Waals surface area contributed by atoms with Crippen LogP contribution in [0.4, 0.5) is 0 Å². The molecular weight excluding hydrogens is 275 g/mol. The van der Waals surface area contributed by atoms with Gasteiger partial charge in [-0.2, -0.15) is 0 Å². The van der Waals surface area contributed by atoms with Gasteiger partial charge in [0.1, 0.15) is 4.99 Å². The van der Waals surface area contributed by atoms with Gasteiger partial charge in [0.15, 0.2) is 0 Å². The van der Waals surface area contributed by atoms with E-state index in [1.165, 1.54) is 11.8 Å². The maximum absolute atomic E-state index is 12.8. The van der Waals surface area contributed by atoms with E-state index in [1.54, 1.807) is 27.7 Å². The molecule has 1 aliphatic rings. The number of rotatable bonds is 5. The Balaban J connectivity index is 2.79. The third-order valence-corrected chi connectivity index (χ3v) is 7.10. The highest BCUT2D eigenvalue weighted by molar-refractivity contribution is 8.05. The quantitative estimate of drug-likeness (QED) is 0.758. The first kappa shape index (κ1) is 16.5. The highest BCUT2D eigenvalue weighted by Gasteiger charge is 2.43. The van der Waals surface area contributed by atoms with Crippen LogP contribution in [0.1, 0.15) is 34.1 Å². The molecule has 0 saturated carbocycles. The molecule has 0 unspecified atom stereocenters. The maximum atomic E-state index is 12.8. The number of aliphatic hydroxyl groups excluding tert-OH is 2. The molecule has 5 nitrogen and oxygen atoms in total. The highest BCUT2D eigenvalue weighted by atomic mass is 32.2. The standard InChI is InChI=1S/C11H23O5PS/c1-7(2)15-17(14,16-8(3)4)11-5-9(12)10(13)6-18-11/h7-13H,5-6H2,1-4H3/t9-,10+,11-/m0/s1. The second-order valence-electron chi connectivity index (χ2n) is 5.01. The number of hydrogen-bond donors (Lipinski definition) is 2. The van der Waals surface area contributed by atoms with Crippen molar-refractivity contribution in [2.24, 2.45) is 0 Å². The Morgan fingerprint density at radius 1 is 1.11 bits per heavy atom. The van der Waals surface area contributed by atoms with Crippen LogP contribution >= 0.6 is 19.4 Å². The van der Waals surface area contributed by atoms with Crippen molar-refractivity contribution >= 4 is 19.4 Å². The minimum atomic E-state index is -3.28. The van der Waals surface area contributed by atoms with Gasteiger partial charge in [0, 0.05) is 5.75 Å². The summed E-state index contributed by atoms with van der Waals surface area (Å²) in [4.78, 5) is -0.416. The lowest BCUT2D eigenvalue weighted by molar-refractivity contribution is 0.0253. The Labute approximate surface area is 113 Å². The average Bonchev–Trinajstić information content (AvgIpc) is 2.19. The molecule has 1 rings (SSSR count). The summed E-state index contributed by atoms with van der Waals surface area (Å²) in [7, 11) is -3.28. The number of thioether (sulfide) groups is 1. The van der Waals surface area contributed by atoms with Crippen LogP contribution in [0.25, 0.3) is 0 Å². The molecule has 1 saturated heterocycles. The zero-order valence-corrected chi connectivity index (χ0v) is 13.0. The Morgan fingerprint density at radius 3 is 2.00 bits per heavy atom. The fraction of sp³-hybridized carbons (Fsp3) is 1.00. The van der Waals surface area contributed by atoms with Crippen molar-refractivity contribution in [3.63, 3.8) is 0 Å². The van der Waals surface area contributed by atoms with Gasteiger partial charge in [-0.1, -0.05) is 0 Å². The molecule has 0 aromatic heterocycles. The lowest BCUT2D eigenvalue weighted by atomic mass is 10.2. The molecule has 0 aromatic carbocycles. The first-order chi connectivity index (χ1) is 8.24. The lowest BCUT2D eigenvalue weighted by Crippen LogP contribution is -2.37. The van der Waals surface area contributed by atoms with Crippen molar-refractivity contribution in [1.82, 2.24) is 0 Å². The van der Waals surface area contributed by atoms with E-state index < -0.39 is 24.8 Å². The Kier molecular flexibility index (Phi) is 6.16. The molecule has 0 aliphatic carbocycles. The zero-order chi connectivity index (χ0) is 13.9. The molecule has 0 bridgehead atoms. The van der Waals surface area contributed by atoms with E-state index in [0.29, 0.717) is 5.75 Å². The van der Waals surface area contributed by atoms with Crippen LogP contribution in [-0.2, 0) is 13.6 Å². The van der Waals surface area contributed by atoms with Crippen LogP contribution in [0.3, 0.4) is 0 Å². The SMILES string of the molecule is CC(C)OP(=O)(OC(C)C)[C@@H]1C[C@H](O)[C@H](O)CS1. The van der Waals surface area contributed by atoms with Crippen LogP contribution in [0.2, 0.25) is 0 Å². The summed E-state index contributed by atoms with van der Waals surface area (Å²) in [5.74, 6) is 0.346. The van der Waals surface area contributed by atoms with Gasteiger partial charge in [-0.25, -0.2) is 0 Å². The van der Waals surface area contributed by atoms with E-state index in [2.05, 4.69) is 0 Å². The highest BCUT2D eigenvalue weighted by Crippen LogP contribution is 2.61. The summed E-state index contributed by atoms with van der Waals surface area (Å²) in [6.07, 6.45) is -1.82. The van der Waals surface area contributed by atoms with Crippen molar-refractivity contribution in [1.29, 1.82) is 0 Å². The fourth-order valence-corrected chi connectivity index (χ4v) is 5.95. The van der Waals surface area contributed by atoms with Gasteiger partial charge in [-0.3, -0.25) is 4.57 Å². The molecule has 0 spiro atoms. The molecule has 7 heteroatoms. The first-order valence-corrected chi connectivity index (χ1v) is 8.85. The molecule has 0 radical (unpaired) electrons. The molecule has 1 heterocycles. The largest absolute Gasteiger partial charge is 0.390 e. The van der Waals surface area contributed by atoms with Crippen LogP contribution in [0.15, 0.2) is 0 Å². The Morgan fingerprint density at radius 2 is 1.61 bits per heavy atom. The van der Waals surface area contributed by atoms with E-state index in [4.69, 9.17) is 9.05 Å². The third-order valence-electron chi connectivity index (χ3n) is 2.41. The van der Waals surface area contributed by atoms with Crippen LogP contribution in [0, 0.1) is 0 Å². The molecule has 3 atom stereocenters. The molecule has 108 valence electrons. The van der Waals surface area contributed by atoms with Gasteiger partial charge in [0.2, 0.25) is 0 Å². The molecule has 2 N–H and O–H groups in total. The van der Waals surface area contributed by atoms with E-state index >= 15 is 0 Å². The van der Waals surface area contributed by atoms with E-state index in [-0.39, 0.29) is 18.6 Å². The summed E-state index contributed by atoms with van der Waals surface area (Å²) >= 11 is 1.34. The fourth-order valence-electron chi connectivity index (χ4n) is 1.72. The van der Waals surface area contributed by atoms with Gasteiger partial charge < -0.3 is 19.3 Å². The Bertz CT molecular complexity index is 296. The molecule has 0 amide bonds. The topological polar surface area (TPSA) is 76.0 Å². The minimum absolute atomic E-state index is 0.209. The normalized spacial score (nSPS) is 30.1. The van der Waals surface area contributed by atoms with Crippen molar-refractivity contribution in [2.75, 3.05) is 5.75 Å². The summed E-state index contributed by atoms with van der Waals surface area (Å²) in [6, 6.07) is 0. The summed E-state index contributed by atoms with van der Waals surface area (Å²) in [5.41, 5.74) is 0. The maximum Gasteiger partial charge on any atom is 0.344 e. The predicted molar refractivity (Wildman–Crippen MR) is 72.9 cm³/mol. The second kappa shape index (κ2) is 6.73. The second-order valence-corrected chi connectivity index (χ2v) is 8.72. The molecule has 1 fully saturated rings. The monoisotopic (exact) mass is 298 g/mol. The number of aliphatic hydroxyl groups is 2. The smallest absolute Gasteiger partial charge is 0.344 e. The van der Waals surface area contributed by atoms with Crippen molar-refractivity contribution in [3.05, 3.63) is 0 Å². The summed E-state index contributed by atoms with van der Waals surface area (Å²) in [5, 5.41) is 19.2. The van der Waals surface area contributed by atoms with E-state index in [1.807, 2.05) is 0 Å². The van der Waals surface area contributed by atoms with Gasteiger partial charge in [0.05, 0.1) is 24.4 Å². The summed E-state index contributed by atoms with van der Waals surface area (Å²) < 4.78 is 23.8. The van der Waals surface area contributed by atoms with Crippen molar-refractivity contribution in [3.8, 4) is 0 Å². The number of hydrogen-bond acceptors (Lipinski definition) is 6. The first-order valence-electron chi connectivity index (χ1n) is 6.19. The average molecular weight is 298 g/mol. The molecule has 0 aromatic rings. The molecule has 1 aliphatic heterocycles. The van der Waals surface area contributed by atoms with Crippen molar-refractivity contribution in [2.45, 2.75) is 63.5 Å². The predicted octanol–water partition coefficient (Wildman–Crippen LogP) is 2.21.